The molecule has 19 heavy (non-hydrogen) atoms. The molecule has 1 heterocycles. The highest BCUT2D eigenvalue weighted by Gasteiger charge is 2.23. The quantitative estimate of drug-likeness (QED) is 0.762. The molecule has 6 nitrogen and oxygen atoms in total. The molecule has 1 aliphatic rings. The topological polar surface area (TPSA) is 61.9 Å². The van der Waals surface area contributed by atoms with E-state index in [2.05, 4.69) is 5.32 Å². The van der Waals surface area contributed by atoms with Gasteiger partial charge in [0.15, 0.2) is 0 Å². The van der Waals surface area contributed by atoms with E-state index in [-0.39, 0.29) is 24.0 Å². The van der Waals surface area contributed by atoms with Gasteiger partial charge in [0.25, 0.3) is 0 Å². The van der Waals surface area contributed by atoms with E-state index in [0.29, 0.717) is 19.6 Å². The van der Waals surface area contributed by atoms with E-state index in [0.717, 1.165) is 13.1 Å². The third kappa shape index (κ3) is 6.02. The van der Waals surface area contributed by atoms with Gasteiger partial charge in [-0.15, -0.1) is 0 Å². The van der Waals surface area contributed by atoms with Crippen molar-refractivity contribution in [1.82, 2.24) is 15.1 Å². The first kappa shape index (κ1) is 15.9. The van der Waals surface area contributed by atoms with Gasteiger partial charge in [-0.3, -0.25) is 14.5 Å². The summed E-state index contributed by atoms with van der Waals surface area (Å²) >= 11 is 0. The first-order chi connectivity index (χ1) is 8.81. The van der Waals surface area contributed by atoms with Crippen LogP contribution < -0.4 is 5.32 Å². The van der Waals surface area contributed by atoms with Crippen LogP contribution >= 0.6 is 0 Å². The van der Waals surface area contributed by atoms with Crippen LogP contribution in [-0.2, 0) is 14.3 Å². The highest BCUT2D eigenvalue weighted by Crippen LogP contribution is 2.08. The fourth-order valence-electron chi connectivity index (χ4n) is 1.81. The van der Waals surface area contributed by atoms with Crippen molar-refractivity contribution in [1.29, 1.82) is 0 Å². The van der Waals surface area contributed by atoms with E-state index in [1.807, 2.05) is 25.7 Å². The summed E-state index contributed by atoms with van der Waals surface area (Å²) in [6.45, 7) is 9.09. The second-order valence-electron chi connectivity index (χ2n) is 5.73. The summed E-state index contributed by atoms with van der Waals surface area (Å²) in [6, 6.07) is 0. The molecule has 6 heteroatoms. The normalized spacial score (nSPS) is 17.4. The lowest BCUT2D eigenvalue weighted by Gasteiger charge is -2.34. The summed E-state index contributed by atoms with van der Waals surface area (Å²) in [4.78, 5) is 27.0. The Labute approximate surface area is 115 Å². The number of hydrogen-bond acceptors (Lipinski definition) is 4. The SMILES string of the molecule is CNC(=O)CN1CCN(C(=O)COC(C)(C)C)CC1. The lowest BCUT2D eigenvalue weighted by molar-refractivity contribution is -0.142. The van der Waals surface area contributed by atoms with E-state index >= 15 is 0 Å². The third-order valence-corrected chi connectivity index (χ3v) is 3.00. The molecule has 0 aliphatic carbocycles. The average Bonchev–Trinajstić information content (AvgIpc) is 2.36. The molecule has 0 bridgehead atoms. The molecular formula is C13H25N3O3. The minimum absolute atomic E-state index is 0.0100. The smallest absolute Gasteiger partial charge is 0.248 e. The zero-order chi connectivity index (χ0) is 14.5. The van der Waals surface area contributed by atoms with Crippen molar-refractivity contribution < 1.29 is 14.3 Å². The van der Waals surface area contributed by atoms with Crippen molar-refractivity contribution in [2.24, 2.45) is 0 Å². The molecule has 1 N–H and O–H groups in total. The maximum Gasteiger partial charge on any atom is 0.248 e. The standard InChI is InChI=1S/C13H25N3O3/c1-13(2,3)19-10-12(18)16-7-5-15(6-8-16)9-11(17)14-4/h5-10H2,1-4H3,(H,14,17). The van der Waals surface area contributed by atoms with Crippen LogP contribution in [0.4, 0.5) is 0 Å². The largest absolute Gasteiger partial charge is 0.366 e. The maximum absolute atomic E-state index is 11.9. The highest BCUT2D eigenvalue weighted by atomic mass is 16.5. The molecule has 0 saturated carbocycles. The Morgan fingerprint density at radius 2 is 1.74 bits per heavy atom. The molecular weight excluding hydrogens is 246 g/mol. The first-order valence-electron chi connectivity index (χ1n) is 6.66. The second-order valence-corrected chi connectivity index (χ2v) is 5.73. The van der Waals surface area contributed by atoms with E-state index in [4.69, 9.17) is 4.74 Å². The molecule has 0 radical (unpaired) electrons. The molecule has 0 unspecified atom stereocenters. The van der Waals surface area contributed by atoms with Crippen LogP contribution in [0.1, 0.15) is 20.8 Å². The number of carbonyl (C=O) groups excluding carboxylic acids is 2. The second kappa shape index (κ2) is 6.86. The van der Waals surface area contributed by atoms with Gasteiger partial charge in [0.2, 0.25) is 11.8 Å². The number of piperazine rings is 1. The number of nitrogens with one attached hydrogen (secondary N) is 1. The average molecular weight is 271 g/mol. The molecule has 110 valence electrons. The maximum atomic E-state index is 11.9. The lowest BCUT2D eigenvalue weighted by atomic mass is 10.2. The van der Waals surface area contributed by atoms with Gasteiger partial charge in [0.1, 0.15) is 6.61 Å². The van der Waals surface area contributed by atoms with Crippen LogP contribution in [0, 0.1) is 0 Å². The summed E-state index contributed by atoms with van der Waals surface area (Å²) in [5.74, 6) is 0.0327. The number of nitrogens with zero attached hydrogens (tertiary/aromatic N) is 2. The minimum Gasteiger partial charge on any atom is -0.366 e. The molecule has 1 saturated heterocycles. The summed E-state index contributed by atoms with van der Waals surface area (Å²) in [5, 5.41) is 2.60. The number of likely N-dealkylation sites (N-methyl/N-ethyl adjacent to an activating group) is 1. The number of carbonyl (C=O) groups is 2. The van der Waals surface area contributed by atoms with Crippen molar-refractivity contribution in [3.05, 3.63) is 0 Å². The Morgan fingerprint density at radius 3 is 2.21 bits per heavy atom. The van der Waals surface area contributed by atoms with E-state index in [1.165, 1.54) is 0 Å². The zero-order valence-electron chi connectivity index (χ0n) is 12.4. The predicted molar refractivity (Wildman–Crippen MR) is 72.8 cm³/mol. The molecule has 0 aromatic carbocycles. The summed E-state index contributed by atoms with van der Waals surface area (Å²) in [7, 11) is 1.63. The summed E-state index contributed by atoms with van der Waals surface area (Å²) < 4.78 is 5.48. The fourth-order valence-corrected chi connectivity index (χ4v) is 1.81. The third-order valence-electron chi connectivity index (χ3n) is 3.00. The van der Waals surface area contributed by atoms with Gasteiger partial charge in [-0.2, -0.15) is 0 Å². The number of amides is 2. The van der Waals surface area contributed by atoms with Gasteiger partial charge in [-0.25, -0.2) is 0 Å². The van der Waals surface area contributed by atoms with E-state index in [1.54, 1.807) is 11.9 Å². The molecule has 2 amide bonds. The fraction of sp³-hybridized carbons (Fsp3) is 0.846. The van der Waals surface area contributed by atoms with Gasteiger partial charge in [-0.05, 0) is 20.8 Å². The Balaban J connectivity index is 2.29. The van der Waals surface area contributed by atoms with E-state index < -0.39 is 0 Å². The summed E-state index contributed by atoms with van der Waals surface area (Å²) in [6.07, 6.45) is 0. The van der Waals surface area contributed by atoms with Crippen LogP contribution in [0.25, 0.3) is 0 Å². The Kier molecular flexibility index (Phi) is 5.75. The molecule has 0 aromatic heterocycles. The zero-order valence-corrected chi connectivity index (χ0v) is 12.4. The molecule has 0 spiro atoms. The molecule has 1 rings (SSSR count). The first-order valence-corrected chi connectivity index (χ1v) is 6.66. The van der Waals surface area contributed by atoms with Crippen molar-refractivity contribution in [2.45, 2.75) is 26.4 Å². The van der Waals surface area contributed by atoms with Gasteiger partial charge >= 0.3 is 0 Å². The van der Waals surface area contributed by atoms with Gasteiger partial charge in [-0.1, -0.05) is 0 Å². The molecule has 1 aliphatic heterocycles. The van der Waals surface area contributed by atoms with Gasteiger partial charge < -0.3 is 15.0 Å². The monoisotopic (exact) mass is 271 g/mol. The van der Waals surface area contributed by atoms with Gasteiger partial charge in [0, 0.05) is 33.2 Å². The van der Waals surface area contributed by atoms with Crippen molar-refractivity contribution >= 4 is 11.8 Å². The van der Waals surface area contributed by atoms with E-state index in [9.17, 15) is 9.59 Å². The number of hydrogen-bond donors (Lipinski definition) is 1. The molecule has 0 atom stereocenters. The van der Waals surface area contributed by atoms with Crippen molar-refractivity contribution in [3.63, 3.8) is 0 Å². The van der Waals surface area contributed by atoms with Crippen LogP contribution in [0.2, 0.25) is 0 Å². The highest BCUT2D eigenvalue weighted by molar-refractivity contribution is 5.78. The van der Waals surface area contributed by atoms with Crippen molar-refractivity contribution in [3.8, 4) is 0 Å². The Bertz CT molecular complexity index is 318. The molecule has 0 aromatic rings. The van der Waals surface area contributed by atoms with Crippen molar-refractivity contribution in [2.75, 3.05) is 46.4 Å². The van der Waals surface area contributed by atoms with Crippen LogP contribution in [0.15, 0.2) is 0 Å². The van der Waals surface area contributed by atoms with Crippen LogP contribution in [0.5, 0.6) is 0 Å². The number of ether oxygens (including phenoxy) is 1. The Morgan fingerprint density at radius 1 is 1.16 bits per heavy atom. The lowest BCUT2D eigenvalue weighted by Crippen LogP contribution is -2.51. The number of rotatable bonds is 4. The van der Waals surface area contributed by atoms with Crippen LogP contribution in [0.3, 0.4) is 0 Å². The predicted octanol–water partition coefficient (Wildman–Crippen LogP) is -0.308. The Hall–Kier alpha value is -1.14. The molecule has 1 fully saturated rings. The summed E-state index contributed by atoms with van der Waals surface area (Å²) in [5.41, 5.74) is -0.295. The van der Waals surface area contributed by atoms with Crippen LogP contribution in [-0.4, -0.2) is 73.6 Å². The van der Waals surface area contributed by atoms with Gasteiger partial charge in [0.05, 0.1) is 12.1 Å². The minimum atomic E-state index is -0.295.